The monoisotopic (exact) mass is 199 g/mol. The molecule has 4 heteroatoms. The molecule has 0 saturated heterocycles. The minimum absolute atomic E-state index is 0.0303. The highest BCUT2D eigenvalue weighted by atomic mass is 19.2. The molecule has 0 aliphatic heterocycles. The lowest BCUT2D eigenvalue weighted by Crippen LogP contribution is -2.04. The summed E-state index contributed by atoms with van der Waals surface area (Å²) in [6, 6.07) is 2.94. The van der Waals surface area contributed by atoms with E-state index in [9.17, 15) is 8.78 Å². The molecule has 14 heavy (non-hydrogen) atoms. The van der Waals surface area contributed by atoms with Crippen LogP contribution >= 0.6 is 0 Å². The minimum atomic E-state index is -0.927. The second kappa shape index (κ2) is 3.20. The van der Waals surface area contributed by atoms with Crippen molar-refractivity contribution < 1.29 is 13.5 Å². The van der Waals surface area contributed by atoms with Gasteiger partial charge in [-0.25, -0.2) is 4.39 Å². The van der Waals surface area contributed by atoms with Crippen molar-refractivity contribution in [1.82, 2.24) is 0 Å². The zero-order chi connectivity index (χ0) is 10.3. The Morgan fingerprint density at radius 3 is 2.50 bits per heavy atom. The van der Waals surface area contributed by atoms with E-state index in [1.807, 2.05) is 0 Å². The Kier molecular flexibility index (Phi) is 2.15. The Balaban J connectivity index is 2.39. The van der Waals surface area contributed by atoms with Crippen LogP contribution in [-0.2, 0) is 0 Å². The van der Waals surface area contributed by atoms with Crippen molar-refractivity contribution in [1.29, 1.82) is 0 Å². The van der Waals surface area contributed by atoms with Gasteiger partial charge in [0, 0.05) is 12.0 Å². The zero-order valence-electron chi connectivity index (χ0n) is 7.76. The molecule has 2 unspecified atom stereocenters. The fourth-order valence-corrected chi connectivity index (χ4v) is 1.56. The topological polar surface area (TPSA) is 35.2 Å². The molecule has 1 aromatic carbocycles. The van der Waals surface area contributed by atoms with Gasteiger partial charge in [-0.3, -0.25) is 0 Å². The number of benzene rings is 1. The van der Waals surface area contributed by atoms with E-state index in [-0.39, 0.29) is 17.7 Å². The largest absolute Gasteiger partial charge is 0.494 e. The fraction of sp³-hybridized carbons (Fsp3) is 0.400. The Labute approximate surface area is 80.7 Å². The average Bonchev–Trinajstić information content (AvgIpc) is 2.87. The SMILES string of the molecule is COc1ccc(C2CC2N)c(F)c1F. The summed E-state index contributed by atoms with van der Waals surface area (Å²) < 4.78 is 31.3. The average molecular weight is 199 g/mol. The number of methoxy groups -OCH3 is 1. The summed E-state index contributed by atoms with van der Waals surface area (Å²) in [6.45, 7) is 0. The van der Waals surface area contributed by atoms with Gasteiger partial charge in [-0.2, -0.15) is 4.39 Å². The van der Waals surface area contributed by atoms with Crippen molar-refractivity contribution in [2.24, 2.45) is 5.73 Å². The highest BCUT2D eigenvalue weighted by molar-refractivity contribution is 5.36. The van der Waals surface area contributed by atoms with E-state index >= 15 is 0 Å². The van der Waals surface area contributed by atoms with Crippen LogP contribution < -0.4 is 10.5 Å². The van der Waals surface area contributed by atoms with E-state index in [2.05, 4.69) is 4.74 Å². The van der Waals surface area contributed by atoms with Crippen LogP contribution in [0.4, 0.5) is 8.78 Å². The van der Waals surface area contributed by atoms with Gasteiger partial charge in [0.15, 0.2) is 11.6 Å². The summed E-state index contributed by atoms with van der Waals surface area (Å²) in [6.07, 6.45) is 0.725. The van der Waals surface area contributed by atoms with Crippen LogP contribution in [0.3, 0.4) is 0 Å². The maximum Gasteiger partial charge on any atom is 0.200 e. The first kappa shape index (κ1) is 9.40. The smallest absolute Gasteiger partial charge is 0.200 e. The van der Waals surface area contributed by atoms with Gasteiger partial charge in [0.25, 0.3) is 0 Å². The summed E-state index contributed by atoms with van der Waals surface area (Å²) in [5.41, 5.74) is 5.92. The van der Waals surface area contributed by atoms with Crippen LogP contribution in [-0.4, -0.2) is 13.2 Å². The van der Waals surface area contributed by atoms with Crippen molar-refractivity contribution >= 4 is 0 Å². The van der Waals surface area contributed by atoms with Crippen molar-refractivity contribution in [2.75, 3.05) is 7.11 Å². The summed E-state index contributed by atoms with van der Waals surface area (Å²) >= 11 is 0. The third-order valence-corrected chi connectivity index (χ3v) is 2.54. The van der Waals surface area contributed by atoms with E-state index in [0.717, 1.165) is 6.42 Å². The first-order valence-electron chi connectivity index (χ1n) is 4.42. The molecule has 1 aliphatic rings. The molecule has 1 saturated carbocycles. The van der Waals surface area contributed by atoms with E-state index in [0.29, 0.717) is 5.56 Å². The van der Waals surface area contributed by atoms with Gasteiger partial charge in [-0.15, -0.1) is 0 Å². The molecular weight excluding hydrogens is 188 g/mol. The minimum Gasteiger partial charge on any atom is -0.494 e. The molecule has 2 atom stereocenters. The lowest BCUT2D eigenvalue weighted by atomic mass is 10.1. The molecular formula is C10H11F2NO. The molecule has 2 rings (SSSR count). The van der Waals surface area contributed by atoms with Gasteiger partial charge < -0.3 is 10.5 Å². The standard InChI is InChI=1S/C10H11F2NO/c1-14-8-3-2-5(6-4-7(6)13)9(11)10(8)12/h2-3,6-7H,4,13H2,1H3. The Hall–Kier alpha value is -1.16. The summed E-state index contributed by atoms with van der Waals surface area (Å²) in [5, 5.41) is 0. The summed E-state index contributed by atoms with van der Waals surface area (Å²) in [4.78, 5) is 0. The van der Waals surface area contributed by atoms with Crippen LogP contribution in [0, 0.1) is 11.6 Å². The lowest BCUT2D eigenvalue weighted by Gasteiger charge is -2.06. The maximum atomic E-state index is 13.4. The zero-order valence-corrected chi connectivity index (χ0v) is 7.76. The maximum absolute atomic E-state index is 13.4. The molecule has 1 fully saturated rings. The molecule has 0 aromatic heterocycles. The van der Waals surface area contributed by atoms with Gasteiger partial charge >= 0.3 is 0 Å². The first-order valence-corrected chi connectivity index (χ1v) is 4.42. The molecule has 0 bridgehead atoms. The lowest BCUT2D eigenvalue weighted by molar-refractivity contribution is 0.370. The number of ether oxygens (including phenoxy) is 1. The van der Waals surface area contributed by atoms with Gasteiger partial charge in [0.05, 0.1) is 7.11 Å². The summed E-state index contributed by atoms with van der Waals surface area (Å²) in [5.74, 6) is -1.86. The highest BCUT2D eigenvalue weighted by Crippen LogP contribution is 2.41. The first-order chi connectivity index (χ1) is 6.65. The van der Waals surface area contributed by atoms with Crippen LogP contribution in [0.25, 0.3) is 0 Å². The molecule has 76 valence electrons. The van der Waals surface area contributed by atoms with Gasteiger partial charge in [-0.05, 0) is 18.1 Å². The normalized spacial score (nSPS) is 24.9. The number of halogens is 2. The second-order valence-corrected chi connectivity index (χ2v) is 3.49. The molecule has 0 radical (unpaired) electrons. The highest BCUT2D eigenvalue weighted by Gasteiger charge is 2.37. The molecule has 0 amide bonds. The third kappa shape index (κ3) is 1.35. The number of rotatable bonds is 2. The molecule has 1 aliphatic carbocycles. The predicted molar refractivity (Wildman–Crippen MR) is 48.2 cm³/mol. The molecule has 0 heterocycles. The number of nitrogens with two attached hydrogens (primary N) is 1. The van der Waals surface area contributed by atoms with Crippen molar-refractivity contribution in [3.63, 3.8) is 0 Å². The molecule has 0 spiro atoms. The van der Waals surface area contributed by atoms with Crippen LogP contribution in [0.1, 0.15) is 17.9 Å². The van der Waals surface area contributed by atoms with Crippen molar-refractivity contribution in [3.05, 3.63) is 29.3 Å². The fourth-order valence-electron chi connectivity index (χ4n) is 1.56. The Bertz CT molecular complexity index is 367. The van der Waals surface area contributed by atoms with Gasteiger partial charge in [0.1, 0.15) is 0 Å². The van der Waals surface area contributed by atoms with Gasteiger partial charge in [-0.1, -0.05) is 6.07 Å². The van der Waals surface area contributed by atoms with Crippen LogP contribution in [0.5, 0.6) is 5.75 Å². The van der Waals surface area contributed by atoms with Crippen LogP contribution in [0.2, 0.25) is 0 Å². The number of hydrogen-bond acceptors (Lipinski definition) is 2. The van der Waals surface area contributed by atoms with E-state index < -0.39 is 11.6 Å². The molecule has 1 aromatic rings. The van der Waals surface area contributed by atoms with Gasteiger partial charge in [0.2, 0.25) is 5.82 Å². The molecule has 2 N–H and O–H groups in total. The van der Waals surface area contributed by atoms with Crippen LogP contribution in [0.15, 0.2) is 12.1 Å². The van der Waals surface area contributed by atoms with E-state index in [1.54, 1.807) is 0 Å². The molecule has 2 nitrogen and oxygen atoms in total. The van der Waals surface area contributed by atoms with Crippen molar-refractivity contribution in [3.8, 4) is 5.75 Å². The third-order valence-electron chi connectivity index (χ3n) is 2.54. The Morgan fingerprint density at radius 1 is 1.36 bits per heavy atom. The predicted octanol–water partition coefficient (Wildman–Crippen LogP) is 1.79. The quantitative estimate of drug-likeness (QED) is 0.788. The van der Waals surface area contributed by atoms with Crippen molar-refractivity contribution in [2.45, 2.75) is 18.4 Å². The summed E-state index contributed by atoms with van der Waals surface area (Å²) in [7, 11) is 1.31. The second-order valence-electron chi connectivity index (χ2n) is 3.49. The Morgan fingerprint density at radius 2 is 2.00 bits per heavy atom. The van der Waals surface area contributed by atoms with E-state index in [1.165, 1.54) is 19.2 Å². The number of hydrogen-bond donors (Lipinski definition) is 1. The van der Waals surface area contributed by atoms with E-state index in [4.69, 9.17) is 5.73 Å².